The first-order valence-electron chi connectivity index (χ1n) is 10.6. The molecule has 1 aromatic heterocycles. The van der Waals surface area contributed by atoms with E-state index < -0.39 is 12.6 Å². The van der Waals surface area contributed by atoms with Crippen molar-refractivity contribution < 1.29 is 27.2 Å². The Kier molecular flexibility index (Phi) is 7.48. The fraction of sp³-hybridized carbons (Fsp3) is 0.478. The molecule has 1 saturated heterocycles. The lowest BCUT2D eigenvalue weighted by molar-refractivity contribution is -0.136. The first kappa shape index (κ1) is 23.7. The van der Waals surface area contributed by atoms with Gasteiger partial charge in [-0.05, 0) is 50.3 Å². The number of benzene rings is 1. The van der Waals surface area contributed by atoms with Gasteiger partial charge in [-0.15, -0.1) is 0 Å². The number of amides is 2. The third-order valence-corrected chi connectivity index (χ3v) is 5.55. The van der Waals surface area contributed by atoms with E-state index in [0.717, 1.165) is 23.2 Å². The number of alkyl halides is 3. The number of halogens is 3. The van der Waals surface area contributed by atoms with Crippen molar-refractivity contribution in [2.75, 3.05) is 25.0 Å². The van der Waals surface area contributed by atoms with Crippen LogP contribution in [-0.4, -0.2) is 42.0 Å². The van der Waals surface area contributed by atoms with Crippen LogP contribution in [-0.2, 0) is 0 Å². The van der Waals surface area contributed by atoms with Gasteiger partial charge < -0.3 is 14.2 Å². The molecular formula is C23H28F3N3O3. The van der Waals surface area contributed by atoms with Crippen LogP contribution in [0.1, 0.15) is 43.0 Å². The number of likely N-dealkylation sites (tertiary alicyclic amines) is 1. The number of piperidine rings is 1. The molecule has 1 N–H and O–H groups in total. The van der Waals surface area contributed by atoms with E-state index in [1.807, 2.05) is 32.0 Å². The number of anilines is 1. The summed E-state index contributed by atoms with van der Waals surface area (Å²) in [7, 11) is 0. The van der Waals surface area contributed by atoms with Crippen LogP contribution in [0.2, 0.25) is 0 Å². The number of rotatable bonds is 6. The molecule has 9 heteroatoms. The number of hydrogen-bond acceptors (Lipinski definition) is 4. The SMILES string of the molecule is Cc1noc(NC(=O)N2CC/C(=C\c3cccc(OCCCC(F)(F)F)c3)C(C)C2)c1C. The average Bonchev–Trinajstić information content (AvgIpc) is 3.04. The maximum absolute atomic E-state index is 12.6. The van der Waals surface area contributed by atoms with Crippen LogP contribution in [0.15, 0.2) is 34.4 Å². The Balaban J connectivity index is 1.55. The Hall–Kier alpha value is -2.97. The van der Waals surface area contributed by atoms with Crippen molar-refractivity contribution in [2.45, 2.75) is 46.2 Å². The molecule has 2 amide bonds. The molecule has 2 aromatic rings. The lowest BCUT2D eigenvalue weighted by Crippen LogP contribution is -2.42. The Morgan fingerprint density at radius 3 is 2.81 bits per heavy atom. The lowest BCUT2D eigenvalue weighted by atomic mass is 9.91. The predicted octanol–water partition coefficient (Wildman–Crippen LogP) is 5.97. The summed E-state index contributed by atoms with van der Waals surface area (Å²) in [5, 5.41) is 6.63. The van der Waals surface area contributed by atoms with Crippen molar-refractivity contribution in [1.29, 1.82) is 0 Å². The second kappa shape index (κ2) is 10.1. The minimum Gasteiger partial charge on any atom is -0.494 e. The zero-order valence-electron chi connectivity index (χ0n) is 18.5. The summed E-state index contributed by atoms with van der Waals surface area (Å²) in [5.74, 6) is 1.07. The monoisotopic (exact) mass is 451 g/mol. The van der Waals surface area contributed by atoms with Crippen LogP contribution in [0.4, 0.5) is 23.8 Å². The largest absolute Gasteiger partial charge is 0.494 e. The Morgan fingerprint density at radius 2 is 2.16 bits per heavy atom. The van der Waals surface area contributed by atoms with Gasteiger partial charge in [-0.2, -0.15) is 13.2 Å². The normalized spacial score (nSPS) is 18.1. The Morgan fingerprint density at radius 1 is 1.38 bits per heavy atom. The number of nitrogens with one attached hydrogen (secondary N) is 1. The van der Waals surface area contributed by atoms with Gasteiger partial charge in [0.1, 0.15) is 5.75 Å². The molecule has 0 spiro atoms. The molecule has 1 atom stereocenters. The van der Waals surface area contributed by atoms with Gasteiger partial charge in [-0.1, -0.05) is 35.9 Å². The van der Waals surface area contributed by atoms with Crippen molar-refractivity contribution in [3.63, 3.8) is 0 Å². The molecule has 0 saturated carbocycles. The minimum atomic E-state index is -4.16. The molecule has 1 aromatic carbocycles. The Labute approximate surface area is 185 Å². The van der Waals surface area contributed by atoms with Crippen molar-refractivity contribution in [3.8, 4) is 5.75 Å². The predicted molar refractivity (Wildman–Crippen MR) is 116 cm³/mol. The topological polar surface area (TPSA) is 67.6 Å². The number of carbonyl (C=O) groups excluding carboxylic acids is 1. The molecule has 1 aliphatic heterocycles. The summed E-state index contributed by atoms with van der Waals surface area (Å²) in [5.41, 5.74) is 3.68. The molecule has 3 rings (SSSR count). The van der Waals surface area contributed by atoms with Gasteiger partial charge >= 0.3 is 12.2 Å². The highest BCUT2D eigenvalue weighted by Gasteiger charge is 2.27. The summed E-state index contributed by atoms with van der Waals surface area (Å²) < 4.78 is 47.4. The van der Waals surface area contributed by atoms with E-state index in [1.54, 1.807) is 11.0 Å². The van der Waals surface area contributed by atoms with Crippen molar-refractivity contribution >= 4 is 18.0 Å². The maximum atomic E-state index is 12.6. The zero-order valence-corrected chi connectivity index (χ0v) is 18.5. The van der Waals surface area contributed by atoms with E-state index in [4.69, 9.17) is 9.26 Å². The molecule has 0 radical (unpaired) electrons. The van der Waals surface area contributed by atoms with E-state index in [-0.39, 0.29) is 25.0 Å². The van der Waals surface area contributed by atoms with Crippen LogP contribution in [0.3, 0.4) is 0 Å². The molecule has 2 heterocycles. The number of urea groups is 1. The third kappa shape index (κ3) is 6.51. The average molecular weight is 451 g/mol. The van der Waals surface area contributed by atoms with Crippen molar-refractivity contribution in [2.24, 2.45) is 5.92 Å². The molecule has 0 aliphatic carbocycles. The molecule has 1 aliphatic rings. The van der Waals surface area contributed by atoms with Gasteiger partial charge in [-0.3, -0.25) is 5.32 Å². The van der Waals surface area contributed by atoms with Gasteiger partial charge in [-0.25, -0.2) is 4.79 Å². The number of ether oxygens (including phenoxy) is 1. The lowest BCUT2D eigenvalue weighted by Gasteiger charge is -2.33. The van der Waals surface area contributed by atoms with Gasteiger partial charge in [0.05, 0.1) is 12.3 Å². The van der Waals surface area contributed by atoms with Crippen molar-refractivity contribution in [3.05, 3.63) is 46.7 Å². The van der Waals surface area contributed by atoms with Gasteiger partial charge in [0.15, 0.2) is 0 Å². The highest BCUT2D eigenvalue weighted by molar-refractivity contribution is 5.88. The highest BCUT2D eigenvalue weighted by Crippen LogP contribution is 2.27. The smallest absolute Gasteiger partial charge is 0.389 e. The fourth-order valence-electron chi connectivity index (χ4n) is 3.53. The number of hydrogen-bond donors (Lipinski definition) is 1. The molecule has 174 valence electrons. The molecule has 0 bridgehead atoms. The van der Waals surface area contributed by atoms with Crippen LogP contribution in [0.25, 0.3) is 6.08 Å². The van der Waals surface area contributed by atoms with E-state index >= 15 is 0 Å². The summed E-state index contributed by atoms with van der Waals surface area (Å²) in [6.07, 6.45) is -2.30. The number of carbonyl (C=O) groups is 1. The highest BCUT2D eigenvalue weighted by atomic mass is 19.4. The fourth-order valence-corrected chi connectivity index (χ4v) is 3.53. The van der Waals surface area contributed by atoms with Gasteiger partial charge in [0.2, 0.25) is 5.88 Å². The zero-order chi connectivity index (χ0) is 23.3. The van der Waals surface area contributed by atoms with E-state index in [0.29, 0.717) is 24.7 Å². The van der Waals surface area contributed by atoms with Crippen LogP contribution < -0.4 is 10.1 Å². The second-order valence-electron chi connectivity index (χ2n) is 8.11. The first-order chi connectivity index (χ1) is 15.1. The van der Waals surface area contributed by atoms with Gasteiger partial charge in [0, 0.05) is 25.1 Å². The van der Waals surface area contributed by atoms with E-state index in [1.165, 1.54) is 5.57 Å². The summed E-state index contributed by atoms with van der Waals surface area (Å²) in [4.78, 5) is 14.3. The number of nitrogens with zero attached hydrogens (tertiary/aromatic N) is 2. The molecule has 6 nitrogen and oxygen atoms in total. The first-order valence-corrected chi connectivity index (χ1v) is 10.6. The van der Waals surface area contributed by atoms with Crippen LogP contribution >= 0.6 is 0 Å². The molecular weight excluding hydrogens is 423 g/mol. The number of aromatic nitrogens is 1. The van der Waals surface area contributed by atoms with Crippen LogP contribution in [0.5, 0.6) is 5.75 Å². The number of aryl methyl sites for hydroxylation is 1. The van der Waals surface area contributed by atoms with Crippen LogP contribution in [0, 0.1) is 19.8 Å². The second-order valence-corrected chi connectivity index (χ2v) is 8.11. The minimum absolute atomic E-state index is 0.0181. The van der Waals surface area contributed by atoms with E-state index in [9.17, 15) is 18.0 Å². The third-order valence-electron chi connectivity index (χ3n) is 5.55. The van der Waals surface area contributed by atoms with Crippen molar-refractivity contribution in [1.82, 2.24) is 10.1 Å². The summed E-state index contributed by atoms with van der Waals surface area (Å²) >= 11 is 0. The summed E-state index contributed by atoms with van der Waals surface area (Å²) in [6, 6.07) is 7.08. The summed E-state index contributed by atoms with van der Waals surface area (Å²) in [6.45, 7) is 6.88. The molecule has 1 fully saturated rings. The Bertz CT molecular complexity index is 969. The van der Waals surface area contributed by atoms with E-state index in [2.05, 4.69) is 23.5 Å². The standard InChI is InChI=1S/C23H28F3N3O3/c1-15-14-29(22(30)27-21-16(2)17(3)28-32-21)10-8-19(15)12-18-6-4-7-20(13-18)31-11-5-9-23(24,25)26/h4,6-7,12-13,15H,5,8-11,14H2,1-3H3,(H,27,30)/b19-12+. The maximum Gasteiger partial charge on any atom is 0.389 e. The molecule has 1 unspecified atom stereocenters. The quantitative estimate of drug-likeness (QED) is 0.550. The van der Waals surface area contributed by atoms with Gasteiger partial charge in [0.25, 0.3) is 0 Å². The molecule has 32 heavy (non-hydrogen) atoms.